The largest absolute Gasteiger partial charge is 0.493 e. The van der Waals surface area contributed by atoms with Crippen molar-refractivity contribution in [2.45, 2.75) is 6.10 Å². The van der Waals surface area contributed by atoms with Crippen molar-refractivity contribution in [3.63, 3.8) is 0 Å². The maximum atomic E-state index is 10.4. The van der Waals surface area contributed by atoms with Crippen LogP contribution in [0.3, 0.4) is 0 Å². The van der Waals surface area contributed by atoms with Crippen LogP contribution in [-0.2, 0) is 7.05 Å². The first kappa shape index (κ1) is 17.0. The van der Waals surface area contributed by atoms with Gasteiger partial charge in [0.1, 0.15) is 5.69 Å². The fourth-order valence-corrected chi connectivity index (χ4v) is 2.92. The minimum Gasteiger partial charge on any atom is -0.493 e. The maximum Gasteiger partial charge on any atom is 0.220 e. The Bertz CT molecular complexity index is 1120. The summed E-state index contributed by atoms with van der Waals surface area (Å²) in [7, 11) is 1.71. The van der Waals surface area contributed by atoms with Crippen molar-refractivity contribution in [2.24, 2.45) is 17.3 Å². The first-order chi connectivity index (χ1) is 13.1. The summed E-state index contributed by atoms with van der Waals surface area (Å²) in [5.41, 5.74) is 2.20. The van der Waals surface area contributed by atoms with Gasteiger partial charge in [0.25, 0.3) is 0 Å². The van der Waals surface area contributed by atoms with E-state index >= 15 is 0 Å². The quantitative estimate of drug-likeness (QED) is 0.633. The van der Waals surface area contributed by atoms with Crippen LogP contribution >= 0.6 is 0 Å². The summed E-state index contributed by atoms with van der Waals surface area (Å²) in [5.74, 6) is 0.525. The molecule has 0 saturated carbocycles. The minimum atomic E-state index is -0.669. The lowest BCUT2D eigenvalue weighted by Crippen LogP contribution is -2.14. The monoisotopic (exact) mass is 361 g/mol. The molecular formula is C20H19N5O2. The average Bonchev–Trinajstić information content (AvgIpc) is 3.26. The number of rotatable bonds is 5. The summed E-state index contributed by atoms with van der Waals surface area (Å²) in [6, 6.07) is 15.1. The molecule has 1 aliphatic rings. The molecule has 136 valence electrons. The van der Waals surface area contributed by atoms with E-state index in [9.17, 15) is 10.2 Å². The SMILES string of the molecule is Cn1c(NC[C@H](O)c2ccccc2)nc(C=c2ccc3c(c2)C=NN=3)c1O. The van der Waals surface area contributed by atoms with Crippen molar-refractivity contribution >= 4 is 18.2 Å². The van der Waals surface area contributed by atoms with Gasteiger partial charge in [0, 0.05) is 19.2 Å². The van der Waals surface area contributed by atoms with Gasteiger partial charge in [-0.1, -0.05) is 36.4 Å². The van der Waals surface area contributed by atoms with Gasteiger partial charge in [-0.25, -0.2) is 4.98 Å². The maximum absolute atomic E-state index is 10.4. The standard InChI is InChI=1S/C20H19N5O2/c1-25-19(27)17(10-13-7-8-16-15(9-13)11-22-24-16)23-20(25)21-12-18(26)14-5-3-2-4-6-14/h2-11,18,26-27H,12H2,1H3,(H,21,23)/t18-/m0/s1. The number of aromatic nitrogens is 2. The normalized spacial score (nSPS) is 14.1. The topological polar surface area (TPSA) is 95.0 Å². The first-order valence-corrected chi connectivity index (χ1v) is 8.57. The van der Waals surface area contributed by atoms with Crippen LogP contribution in [-0.4, -0.2) is 32.5 Å². The molecule has 0 spiro atoms. The van der Waals surface area contributed by atoms with E-state index in [1.807, 2.05) is 48.5 Å². The van der Waals surface area contributed by atoms with E-state index in [4.69, 9.17) is 0 Å². The van der Waals surface area contributed by atoms with E-state index < -0.39 is 6.10 Å². The zero-order valence-electron chi connectivity index (χ0n) is 14.7. The van der Waals surface area contributed by atoms with Crippen LogP contribution in [0, 0.1) is 0 Å². The number of imidazole rings is 1. The number of aliphatic hydroxyl groups is 1. The number of benzene rings is 2. The van der Waals surface area contributed by atoms with E-state index in [0.29, 0.717) is 11.6 Å². The van der Waals surface area contributed by atoms with Crippen molar-refractivity contribution in [1.29, 1.82) is 0 Å². The van der Waals surface area contributed by atoms with Crippen molar-refractivity contribution in [2.75, 3.05) is 11.9 Å². The number of aliphatic hydroxyl groups excluding tert-OH is 1. The summed E-state index contributed by atoms with van der Waals surface area (Å²) in [6.45, 7) is 0.282. The number of hydrogen-bond donors (Lipinski definition) is 3. The molecule has 0 radical (unpaired) electrons. The molecule has 2 aromatic carbocycles. The second-order valence-corrected chi connectivity index (χ2v) is 6.32. The molecule has 1 aromatic heterocycles. The summed E-state index contributed by atoms with van der Waals surface area (Å²) in [5, 5.41) is 33.4. The van der Waals surface area contributed by atoms with Gasteiger partial charge < -0.3 is 15.5 Å². The molecule has 0 unspecified atom stereocenters. The number of anilines is 1. The number of nitrogens with zero attached hydrogens (tertiary/aromatic N) is 4. The summed E-state index contributed by atoms with van der Waals surface area (Å²) in [4.78, 5) is 4.44. The van der Waals surface area contributed by atoms with Gasteiger partial charge in [-0.15, -0.1) is 0 Å². The lowest BCUT2D eigenvalue weighted by Gasteiger charge is -2.12. The van der Waals surface area contributed by atoms with Gasteiger partial charge >= 0.3 is 0 Å². The molecular weight excluding hydrogens is 342 g/mol. The third kappa shape index (κ3) is 3.45. The predicted octanol–water partition coefficient (Wildman–Crippen LogP) is 1.07. The fourth-order valence-electron chi connectivity index (χ4n) is 2.92. The molecule has 3 N–H and O–H groups in total. The highest BCUT2D eigenvalue weighted by Crippen LogP contribution is 2.22. The van der Waals surface area contributed by atoms with E-state index in [-0.39, 0.29) is 12.4 Å². The Kier molecular flexibility index (Phi) is 4.43. The van der Waals surface area contributed by atoms with Crippen LogP contribution in [0.4, 0.5) is 5.95 Å². The van der Waals surface area contributed by atoms with Gasteiger partial charge in [0.15, 0.2) is 0 Å². The molecule has 0 fully saturated rings. The van der Waals surface area contributed by atoms with Crippen LogP contribution < -0.4 is 15.9 Å². The zero-order valence-corrected chi connectivity index (χ0v) is 14.7. The van der Waals surface area contributed by atoms with Crippen molar-refractivity contribution in [3.05, 3.63) is 75.9 Å². The second-order valence-electron chi connectivity index (χ2n) is 6.32. The smallest absolute Gasteiger partial charge is 0.220 e. The van der Waals surface area contributed by atoms with Crippen LogP contribution in [0.5, 0.6) is 5.88 Å². The highest BCUT2D eigenvalue weighted by molar-refractivity contribution is 5.80. The summed E-state index contributed by atoms with van der Waals surface area (Å²) >= 11 is 0. The van der Waals surface area contributed by atoms with Crippen molar-refractivity contribution in [3.8, 4) is 5.88 Å². The fraction of sp³-hybridized carbons (Fsp3) is 0.150. The second kappa shape index (κ2) is 7.05. The van der Waals surface area contributed by atoms with E-state index in [1.165, 1.54) is 0 Å². The average molecular weight is 361 g/mol. The molecule has 7 nitrogen and oxygen atoms in total. The molecule has 0 saturated heterocycles. The van der Waals surface area contributed by atoms with Gasteiger partial charge in [-0.05, 0) is 29.0 Å². The van der Waals surface area contributed by atoms with Crippen LogP contribution in [0.1, 0.15) is 22.9 Å². The lowest BCUT2D eigenvalue weighted by atomic mass is 10.1. The third-order valence-corrected chi connectivity index (χ3v) is 4.45. The number of hydrogen-bond acceptors (Lipinski definition) is 6. The molecule has 4 rings (SSSR count). The number of aromatic hydroxyl groups is 1. The minimum absolute atomic E-state index is 0.0468. The predicted molar refractivity (Wildman–Crippen MR) is 103 cm³/mol. The Morgan fingerprint density at radius 2 is 2.00 bits per heavy atom. The Hall–Kier alpha value is -3.45. The Morgan fingerprint density at radius 3 is 2.81 bits per heavy atom. The van der Waals surface area contributed by atoms with E-state index in [1.54, 1.807) is 23.9 Å². The van der Waals surface area contributed by atoms with Crippen LogP contribution in [0.25, 0.3) is 6.08 Å². The molecule has 3 aromatic rings. The third-order valence-electron chi connectivity index (χ3n) is 4.45. The van der Waals surface area contributed by atoms with Crippen LogP contribution in [0.15, 0.2) is 58.7 Å². The van der Waals surface area contributed by atoms with Crippen LogP contribution in [0.2, 0.25) is 0 Å². The number of fused-ring (bicyclic) bond motifs is 1. The summed E-state index contributed by atoms with van der Waals surface area (Å²) < 4.78 is 1.55. The molecule has 0 amide bonds. The zero-order chi connectivity index (χ0) is 18.8. The molecule has 0 aliphatic carbocycles. The highest BCUT2D eigenvalue weighted by atomic mass is 16.3. The first-order valence-electron chi connectivity index (χ1n) is 8.57. The van der Waals surface area contributed by atoms with E-state index in [0.717, 1.165) is 21.7 Å². The summed E-state index contributed by atoms with van der Waals surface area (Å²) in [6.07, 6.45) is 2.82. The molecule has 1 atom stereocenters. The van der Waals surface area contributed by atoms with Crippen molar-refractivity contribution in [1.82, 2.24) is 9.55 Å². The molecule has 0 bridgehead atoms. The Morgan fingerprint density at radius 1 is 1.19 bits per heavy atom. The Labute approximate surface area is 155 Å². The molecule has 1 aliphatic heterocycles. The molecule has 27 heavy (non-hydrogen) atoms. The Balaban J connectivity index is 1.56. The molecule has 7 heteroatoms. The highest BCUT2D eigenvalue weighted by Gasteiger charge is 2.14. The van der Waals surface area contributed by atoms with E-state index in [2.05, 4.69) is 20.5 Å². The van der Waals surface area contributed by atoms with Gasteiger partial charge in [-0.3, -0.25) is 4.57 Å². The number of nitrogens with one attached hydrogen (secondary N) is 1. The van der Waals surface area contributed by atoms with Gasteiger partial charge in [-0.2, -0.15) is 10.2 Å². The molecule has 2 heterocycles. The lowest BCUT2D eigenvalue weighted by molar-refractivity contribution is 0.191. The van der Waals surface area contributed by atoms with Gasteiger partial charge in [0.2, 0.25) is 11.8 Å². The van der Waals surface area contributed by atoms with Gasteiger partial charge in [0.05, 0.1) is 17.7 Å². The van der Waals surface area contributed by atoms with Crippen molar-refractivity contribution < 1.29 is 10.2 Å².